The predicted octanol–water partition coefficient (Wildman–Crippen LogP) is 1.85. The van der Waals surface area contributed by atoms with E-state index in [1.807, 2.05) is 6.07 Å². The van der Waals surface area contributed by atoms with E-state index in [1.165, 1.54) is 25.3 Å². The first-order chi connectivity index (χ1) is 10.1. The average Bonchev–Trinajstić information content (AvgIpc) is 2.68. The third-order valence-electron chi connectivity index (χ3n) is 5.00. The van der Waals surface area contributed by atoms with Gasteiger partial charge >= 0.3 is 0 Å². The van der Waals surface area contributed by atoms with Gasteiger partial charge in [0.1, 0.15) is 5.69 Å². The van der Waals surface area contributed by atoms with Gasteiger partial charge in [-0.2, -0.15) is 0 Å². The molecule has 0 aromatic heterocycles. The molecule has 1 aromatic rings. The van der Waals surface area contributed by atoms with Crippen molar-refractivity contribution < 1.29 is 4.92 Å². The summed E-state index contributed by atoms with van der Waals surface area (Å²) >= 11 is 0. The van der Waals surface area contributed by atoms with Crippen molar-refractivity contribution in [3.8, 4) is 0 Å². The monoisotopic (exact) mass is 290 g/mol. The molecule has 2 N–H and O–H groups in total. The van der Waals surface area contributed by atoms with Crippen LogP contribution in [0.25, 0.3) is 0 Å². The van der Waals surface area contributed by atoms with Gasteiger partial charge in [-0.15, -0.1) is 0 Å². The zero-order valence-electron chi connectivity index (χ0n) is 12.4. The molecule has 2 aliphatic heterocycles. The second-order valence-corrected chi connectivity index (χ2v) is 6.18. The Bertz CT molecular complexity index is 548. The predicted molar refractivity (Wildman–Crippen MR) is 82.0 cm³/mol. The number of rotatable bonds is 3. The molecule has 0 saturated carbocycles. The van der Waals surface area contributed by atoms with Crippen molar-refractivity contribution in [2.24, 2.45) is 0 Å². The molecule has 114 valence electrons. The summed E-state index contributed by atoms with van der Waals surface area (Å²) in [5.74, 6) is 0. The Morgan fingerprint density at radius 1 is 1.33 bits per heavy atom. The van der Waals surface area contributed by atoms with Crippen LogP contribution in [0.1, 0.15) is 24.8 Å². The van der Waals surface area contributed by atoms with Crippen molar-refractivity contribution in [2.45, 2.75) is 37.9 Å². The van der Waals surface area contributed by atoms with E-state index in [2.05, 4.69) is 16.8 Å². The zero-order valence-corrected chi connectivity index (χ0v) is 12.4. The molecule has 0 aliphatic carbocycles. The number of nitro benzene ring substituents is 1. The van der Waals surface area contributed by atoms with E-state index in [4.69, 9.17) is 5.73 Å². The third-order valence-corrected chi connectivity index (χ3v) is 5.00. The molecule has 3 rings (SSSR count). The first kappa shape index (κ1) is 14.3. The summed E-state index contributed by atoms with van der Waals surface area (Å²) in [5.41, 5.74) is 7.16. The number of para-hydroxylation sites is 1. The molecule has 2 fully saturated rings. The molecule has 1 aromatic carbocycles. The van der Waals surface area contributed by atoms with Crippen LogP contribution in [0.3, 0.4) is 0 Å². The number of nitro groups is 1. The minimum absolute atomic E-state index is 0.0148. The Hall–Kier alpha value is -1.66. The minimum Gasteiger partial charge on any atom is -0.393 e. The Morgan fingerprint density at radius 2 is 2.10 bits per heavy atom. The van der Waals surface area contributed by atoms with Crippen molar-refractivity contribution in [3.63, 3.8) is 0 Å². The highest BCUT2D eigenvalue weighted by atomic mass is 16.6. The molecule has 2 heterocycles. The highest BCUT2D eigenvalue weighted by molar-refractivity contribution is 5.62. The quantitative estimate of drug-likeness (QED) is 0.522. The van der Waals surface area contributed by atoms with Crippen LogP contribution < -0.4 is 5.73 Å². The van der Waals surface area contributed by atoms with Gasteiger partial charge in [0.05, 0.1) is 4.92 Å². The van der Waals surface area contributed by atoms with Gasteiger partial charge in [0.15, 0.2) is 0 Å². The number of hydrogen-bond acceptors (Lipinski definition) is 5. The number of benzene rings is 1. The molecule has 2 unspecified atom stereocenters. The Morgan fingerprint density at radius 3 is 2.86 bits per heavy atom. The second kappa shape index (κ2) is 5.61. The summed E-state index contributed by atoms with van der Waals surface area (Å²) in [6.07, 6.45) is 3.72. The van der Waals surface area contributed by atoms with Crippen LogP contribution in [0, 0.1) is 10.1 Å². The Balaban J connectivity index is 1.75. The number of fused-ring (bicyclic) bond motifs is 2. The maximum absolute atomic E-state index is 11.0. The van der Waals surface area contributed by atoms with Gasteiger partial charge in [0.2, 0.25) is 0 Å². The number of likely N-dealkylation sites (tertiary alicyclic amines) is 1. The van der Waals surface area contributed by atoms with E-state index in [-0.39, 0.29) is 5.69 Å². The first-order valence-corrected chi connectivity index (χ1v) is 7.52. The van der Waals surface area contributed by atoms with Crippen LogP contribution in [-0.2, 0) is 6.54 Å². The molecule has 2 saturated heterocycles. The summed E-state index contributed by atoms with van der Waals surface area (Å²) in [6.45, 7) is 2.76. The lowest BCUT2D eigenvalue weighted by atomic mass is 10.1. The van der Waals surface area contributed by atoms with Crippen LogP contribution >= 0.6 is 0 Å². The fraction of sp³-hybridized carbons (Fsp3) is 0.600. The lowest BCUT2D eigenvalue weighted by Crippen LogP contribution is -2.36. The highest BCUT2D eigenvalue weighted by Gasteiger charge is 2.34. The fourth-order valence-corrected chi connectivity index (χ4v) is 3.66. The zero-order chi connectivity index (χ0) is 15.0. The molecule has 0 radical (unpaired) electrons. The van der Waals surface area contributed by atoms with Crippen molar-refractivity contribution in [3.05, 3.63) is 33.9 Å². The first-order valence-electron chi connectivity index (χ1n) is 7.52. The summed E-state index contributed by atoms with van der Waals surface area (Å²) in [5, 5.41) is 11.0. The van der Waals surface area contributed by atoms with Gasteiger partial charge in [-0.1, -0.05) is 12.1 Å². The van der Waals surface area contributed by atoms with Crippen LogP contribution in [-0.4, -0.2) is 46.9 Å². The smallest absolute Gasteiger partial charge is 0.292 e. The van der Waals surface area contributed by atoms with E-state index in [0.29, 0.717) is 24.3 Å². The van der Waals surface area contributed by atoms with Gasteiger partial charge in [-0.25, -0.2) is 0 Å². The molecular formula is C15H22N4O2. The maximum atomic E-state index is 11.0. The normalized spacial score (nSPS) is 26.7. The lowest BCUT2D eigenvalue weighted by molar-refractivity contribution is -0.384. The molecule has 0 spiro atoms. The van der Waals surface area contributed by atoms with Crippen molar-refractivity contribution in [2.75, 3.05) is 25.9 Å². The van der Waals surface area contributed by atoms with E-state index in [9.17, 15) is 10.1 Å². The molecule has 0 amide bonds. The van der Waals surface area contributed by atoms with Gasteiger partial charge in [0.25, 0.3) is 5.69 Å². The molecule has 2 bridgehead atoms. The molecule has 2 atom stereocenters. The van der Waals surface area contributed by atoms with E-state index in [1.54, 1.807) is 6.07 Å². The Kier molecular flexibility index (Phi) is 3.82. The van der Waals surface area contributed by atoms with Gasteiger partial charge in [0, 0.05) is 37.8 Å². The number of hydrogen-bond donors (Lipinski definition) is 1. The van der Waals surface area contributed by atoms with Gasteiger partial charge in [-0.3, -0.25) is 19.9 Å². The van der Waals surface area contributed by atoms with Crippen LogP contribution in [0.2, 0.25) is 0 Å². The largest absolute Gasteiger partial charge is 0.393 e. The van der Waals surface area contributed by atoms with E-state index in [0.717, 1.165) is 18.7 Å². The number of likely N-dealkylation sites (N-methyl/N-ethyl adjacent to an activating group) is 1. The number of nitrogen functional groups attached to an aromatic ring is 1. The van der Waals surface area contributed by atoms with Gasteiger partial charge < -0.3 is 5.73 Å². The molecule has 6 heteroatoms. The maximum Gasteiger partial charge on any atom is 0.292 e. The van der Waals surface area contributed by atoms with Crippen LogP contribution in [0.15, 0.2) is 18.2 Å². The van der Waals surface area contributed by atoms with Crippen molar-refractivity contribution in [1.29, 1.82) is 0 Å². The summed E-state index contributed by atoms with van der Waals surface area (Å²) in [6, 6.07) is 6.39. The van der Waals surface area contributed by atoms with Crippen molar-refractivity contribution in [1.82, 2.24) is 9.80 Å². The molecule has 2 aliphatic rings. The standard InChI is InChI=1S/C15H22N4O2/c1-17-12-5-6-13(17)10-18(8-7-12)9-11-3-2-4-14(15(11)16)19(20)21/h2-4,12-13H,5-10,16H2,1H3. The van der Waals surface area contributed by atoms with Crippen molar-refractivity contribution >= 4 is 11.4 Å². The number of anilines is 1. The highest BCUT2D eigenvalue weighted by Crippen LogP contribution is 2.31. The molecule has 21 heavy (non-hydrogen) atoms. The average molecular weight is 290 g/mol. The van der Waals surface area contributed by atoms with E-state index < -0.39 is 4.92 Å². The molecular weight excluding hydrogens is 268 g/mol. The van der Waals surface area contributed by atoms with Gasteiger partial charge in [-0.05, 0) is 31.9 Å². The fourth-order valence-electron chi connectivity index (χ4n) is 3.66. The number of nitrogens with two attached hydrogens (primary N) is 1. The van der Waals surface area contributed by atoms with Crippen LogP contribution in [0.5, 0.6) is 0 Å². The Labute approximate surface area is 124 Å². The summed E-state index contributed by atoms with van der Waals surface area (Å²) in [4.78, 5) is 15.4. The summed E-state index contributed by atoms with van der Waals surface area (Å²) in [7, 11) is 2.22. The minimum atomic E-state index is -0.406. The van der Waals surface area contributed by atoms with E-state index >= 15 is 0 Å². The van der Waals surface area contributed by atoms with Crippen LogP contribution in [0.4, 0.5) is 11.4 Å². The lowest BCUT2D eigenvalue weighted by Gasteiger charge is -2.26. The second-order valence-electron chi connectivity index (χ2n) is 6.18. The SMILES string of the molecule is CN1C2CCC1CN(Cc1cccc([N+](=O)[O-])c1N)CC2. The molecule has 6 nitrogen and oxygen atoms in total. The summed E-state index contributed by atoms with van der Waals surface area (Å²) < 4.78 is 0. The number of nitrogens with zero attached hydrogens (tertiary/aromatic N) is 3. The third kappa shape index (κ3) is 2.73. The topological polar surface area (TPSA) is 75.6 Å².